The number of hydrogen-bond donors (Lipinski definition) is 1. The Bertz CT molecular complexity index is 668. The molecule has 0 amide bonds. The average molecular weight is 285 g/mol. The SMILES string of the molecule is O=C(O)c1ccnc(F)c1-c1cccc(C(F)(F)F)c1. The van der Waals surface area contributed by atoms with E-state index in [-0.39, 0.29) is 5.56 Å². The molecule has 1 heterocycles. The molecule has 1 N–H and O–H groups in total. The van der Waals surface area contributed by atoms with Crippen molar-refractivity contribution in [3.05, 3.63) is 53.6 Å². The van der Waals surface area contributed by atoms with Gasteiger partial charge in [-0.05, 0) is 23.8 Å². The third kappa shape index (κ3) is 2.61. The zero-order chi connectivity index (χ0) is 14.9. The van der Waals surface area contributed by atoms with Crippen LogP contribution in [-0.4, -0.2) is 16.1 Å². The lowest BCUT2D eigenvalue weighted by Crippen LogP contribution is -2.06. The topological polar surface area (TPSA) is 50.2 Å². The number of benzene rings is 1. The Morgan fingerprint density at radius 3 is 2.50 bits per heavy atom. The van der Waals surface area contributed by atoms with E-state index in [1.54, 1.807) is 0 Å². The molecule has 0 atom stereocenters. The molecule has 20 heavy (non-hydrogen) atoms. The Morgan fingerprint density at radius 1 is 1.20 bits per heavy atom. The van der Waals surface area contributed by atoms with E-state index in [9.17, 15) is 22.4 Å². The molecule has 2 rings (SSSR count). The highest BCUT2D eigenvalue weighted by molar-refractivity contribution is 5.95. The number of carbonyl (C=O) groups is 1. The van der Waals surface area contributed by atoms with Gasteiger partial charge in [0.05, 0.1) is 16.7 Å². The highest BCUT2D eigenvalue weighted by Crippen LogP contribution is 2.33. The van der Waals surface area contributed by atoms with Crippen molar-refractivity contribution in [2.24, 2.45) is 0 Å². The van der Waals surface area contributed by atoms with Crippen LogP contribution in [0.5, 0.6) is 0 Å². The summed E-state index contributed by atoms with van der Waals surface area (Å²) in [6.45, 7) is 0. The van der Waals surface area contributed by atoms with Crippen LogP contribution in [0.3, 0.4) is 0 Å². The third-order valence-electron chi connectivity index (χ3n) is 2.61. The Hall–Kier alpha value is -2.44. The molecule has 0 saturated heterocycles. The molecule has 0 fully saturated rings. The van der Waals surface area contributed by atoms with Crippen molar-refractivity contribution in [3.8, 4) is 11.1 Å². The fraction of sp³-hybridized carbons (Fsp3) is 0.0769. The molecule has 3 nitrogen and oxygen atoms in total. The second-order valence-electron chi connectivity index (χ2n) is 3.91. The van der Waals surface area contributed by atoms with Crippen LogP contribution in [0.1, 0.15) is 15.9 Å². The second-order valence-corrected chi connectivity index (χ2v) is 3.91. The van der Waals surface area contributed by atoms with Gasteiger partial charge in [-0.25, -0.2) is 9.78 Å². The van der Waals surface area contributed by atoms with Crippen molar-refractivity contribution in [1.82, 2.24) is 4.98 Å². The summed E-state index contributed by atoms with van der Waals surface area (Å²) in [5.74, 6) is -2.58. The Balaban J connectivity index is 2.66. The monoisotopic (exact) mass is 285 g/mol. The summed E-state index contributed by atoms with van der Waals surface area (Å²) in [7, 11) is 0. The molecule has 0 unspecified atom stereocenters. The highest BCUT2D eigenvalue weighted by atomic mass is 19.4. The molecule has 7 heteroatoms. The zero-order valence-corrected chi connectivity index (χ0v) is 9.78. The van der Waals surface area contributed by atoms with Crippen molar-refractivity contribution >= 4 is 5.97 Å². The lowest BCUT2D eigenvalue weighted by Gasteiger charge is -2.10. The van der Waals surface area contributed by atoms with Gasteiger partial charge in [0.25, 0.3) is 0 Å². The van der Waals surface area contributed by atoms with E-state index in [0.717, 1.165) is 24.4 Å². The Morgan fingerprint density at radius 2 is 1.90 bits per heavy atom. The maximum Gasteiger partial charge on any atom is 0.416 e. The van der Waals surface area contributed by atoms with E-state index in [1.165, 1.54) is 6.07 Å². The predicted octanol–water partition coefficient (Wildman–Crippen LogP) is 3.60. The summed E-state index contributed by atoms with van der Waals surface area (Å²) in [5, 5.41) is 8.96. The van der Waals surface area contributed by atoms with Gasteiger partial charge in [0, 0.05) is 6.20 Å². The van der Waals surface area contributed by atoms with Gasteiger partial charge in [-0.3, -0.25) is 0 Å². The minimum atomic E-state index is -4.60. The van der Waals surface area contributed by atoms with Gasteiger partial charge in [0.15, 0.2) is 0 Å². The van der Waals surface area contributed by atoms with Gasteiger partial charge < -0.3 is 5.11 Å². The first kappa shape index (κ1) is 14.0. The molecule has 104 valence electrons. The first-order valence-corrected chi connectivity index (χ1v) is 5.36. The van der Waals surface area contributed by atoms with Crippen molar-refractivity contribution in [1.29, 1.82) is 0 Å². The van der Waals surface area contributed by atoms with Gasteiger partial charge in [0.1, 0.15) is 0 Å². The summed E-state index contributed by atoms with van der Waals surface area (Å²) in [6, 6.07) is 4.81. The Labute approximate surface area is 110 Å². The van der Waals surface area contributed by atoms with Gasteiger partial charge in [-0.2, -0.15) is 17.6 Å². The molecule has 0 aliphatic carbocycles. The number of alkyl halides is 3. The lowest BCUT2D eigenvalue weighted by molar-refractivity contribution is -0.137. The number of hydrogen-bond acceptors (Lipinski definition) is 2. The molecule has 0 spiro atoms. The van der Waals surface area contributed by atoms with E-state index in [2.05, 4.69) is 4.98 Å². The van der Waals surface area contributed by atoms with Crippen LogP contribution in [0.4, 0.5) is 17.6 Å². The standard InChI is InChI=1S/C13H7F4NO2/c14-11-10(9(12(19)20)4-5-18-11)7-2-1-3-8(6-7)13(15,16)17/h1-6H,(H,19,20). The average Bonchev–Trinajstić information content (AvgIpc) is 2.37. The van der Waals surface area contributed by atoms with Crippen molar-refractivity contribution in [2.75, 3.05) is 0 Å². The summed E-state index contributed by atoms with van der Waals surface area (Å²) in [6.07, 6.45) is -3.66. The van der Waals surface area contributed by atoms with E-state index in [0.29, 0.717) is 6.07 Å². The zero-order valence-electron chi connectivity index (χ0n) is 9.78. The summed E-state index contributed by atoms with van der Waals surface area (Å²) in [4.78, 5) is 14.3. The van der Waals surface area contributed by atoms with Gasteiger partial charge in [-0.15, -0.1) is 0 Å². The number of carboxylic acids is 1. The van der Waals surface area contributed by atoms with Gasteiger partial charge in [0.2, 0.25) is 5.95 Å². The fourth-order valence-corrected chi connectivity index (χ4v) is 1.74. The number of aromatic nitrogens is 1. The van der Waals surface area contributed by atoms with E-state index < -0.39 is 34.8 Å². The van der Waals surface area contributed by atoms with Crippen LogP contribution in [0, 0.1) is 5.95 Å². The van der Waals surface area contributed by atoms with E-state index in [1.807, 2.05) is 0 Å². The third-order valence-corrected chi connectivity index (χ3v) is 2.61. The summed E-state index contributed by atoms with van der Waals surface area (Å²) < 4.78 is 51.5. The van der Waals surface area contributed by atoms with E-state index in [4.69, 9.17) is 5.11 Å². The molecule has 0 aliphatic rings. The molecule has 1 aromatic heterocycles. The van der Waals surface area contributed by atoms with Crippen molar-refractivity contribution < 1.29 is 27.5 Å². The van der Waals surface area contributed by atoms with Crippen LogP contribution >= 0.6 is 0 Å². The minimum absolute atomic E-state index is 0.192. The number of aromatic carboxylic acids is 1. The Kier molecular flexibility index (Phi) is 3.44. The number of halogens is 4. The molecule has 0 saturated carbocycles. The van der Waals surface area contributed by atoms with Gasteiger partial charge in [-0.1, -0.05) is 12.1 Å². The highest BCUT2D eigenvalue weighted by Gasteiger charge is 2.31. The van der Waals surface area contributed by atoms with Gasteiger partial charge >= 0.3 is 12.1 Å². The largest absolute Gasteiger partial charge is 0.478 e. The number of pyridine rings is 1. The van der Waals surface area contributed by atoms with Crippen LogP contribution < -0.4 is 0 Å². The minimum Gasteiger partial charge on any atom is -0.478 e. The molecular weight excluding hydrogens is 278 g/mol. The maximum atomic E-state index is 13.7. The quantitative estimate of drug-likeness (QED) is 0.677. The summed E-state index contributed by atoms with van der Waals surface area (Å²) >= 11 is 0. The van der Waals surface area contributed by atoms with Crippen LogP contribution in [0.25, 0.3) is 11.1 Å². The molecular formula is C13H7F4NO2. The molecule has 0 aliphatic heterocycles. The smallest absolute Gasteiger partial charge is 0.416 e. The normalized spacial score (nSPS) is 11.4. The summed E-state index contributed by atoms with van der Waals surface area (Å²) in [5.41, 5.74) is -2.10. The second kappa shape index (κ2) is 4.92. The maximum absolute atomic E-state index is 13.7. The number of carboxylic acid groups (broad SMARTS) is 1. The first-order chi connectivity index (χ1) is 9.30. The van der Waals surface area contributed by atoms with Crippen molar-refractivity contribution in [3.63, 3.8) is 0 Å². The fourth-order valence-electron chi connectivity index (χ4n) is 1.74. The molecule has 2 aromatic rings. The van der Waals surface area contributed by atoms with Crippen LogP contribution in [0.15, 0.2) is 36.5 Å². The molecule has 0 bridgehead atoms. The lowest BCUT2D eigenvalue weighted by atomic mass is 9.99. The predicted molar refractivity (Wildman–Crippen MR) is 61.6 cm³/mol. The van der Waals surface area contributed by atoms with Crippen LogP contribution in [-0.2, 0) is 6.18 Å². The molecule has 1 aromatic carbocycles. The van der Waals surface area contributed by atoms with Crippen molar-refractivity contribution in [2.45, 2.75) is 6.18 Å². The van der Waals surface area contributed by atoms with E-state index >= 15 is 0 Å². The number of nitrogens with zero attached hydrogens (tertiary/aromatic N) is 1. The number of rotatable bonds is 2. The first-order valence-electron chi connectivity index (χ1n) is 5.36. The van der Waals surface area contributed by atoms with Crippen LogP contribution in [0.2, 0.25) is 0 Å². The molecule has 0 radical (unpaired) electrons.